The van der Waals surface area contributed by atoms with E-state index in [1.165, 1.54) is 6.42 Å². The molecule has 1 aromatic heterocycles. The fourth-order valence-electron chi connectivity index (χ4n) is 4.47. The average Bonchev–Trinajstić information content (AvgIpc) is 2.92. The highest BCUT2D eigenvalue weighted by Gasteiger charge is 2.36. The Morgan fingerprint density at radius 1 is 1.22 bits per heavy atom. The van der Waals surface area contributed by atoms with Gasteiger partial charge in [-0.25, -0.2) is 0 Å². The van der Waals surface area contributed by atoms with Gasteiger partial charge in [-0.3, -0.25) is 9.59 Å². The first-order chi connectivity index (χ1) is 12.8. The van der Waals surface area contributed by atoms with Crippen LogP contribution in [-0.2, 0) is 0 Å². The van der Waals surface area contributed by atoms with E-state index >= 15 is 0 Å². The van der Waals surface area contributed by atoms with E-state index in [4.69, 9.17) is 9.15 Å². The number of benzene rings is 1. The second kappa shape index (κ2) is 6.39. The zero-order chi connectivity index (χ0) is 19.3. The van der Waals surface area contributed by atoms with Crippen LogP contribution in [0.15, 0.2) is 16.5 Å². The molecule has 5 nitrogen and oxygen atoms in total. The Morgan fingerprint density at radius 2 is 1.96 bits per heavy atom. The summed E-state index contributed by atoms with van der Waals surface area (Å²) < 4.78 is 11.9. The molecule has 1 fully saturated rings. The van der Waals surface area contributed by atoms with Gasteiger partial charge in [-0.1, -0.05) is 19.8 Å². The first-order valence-corrected chi connectivity index (χ1v) is 9.86. The maximum atomic E-state index is 12.9. The van der Waals surface area contributed by atoms with Crippen LogP contribution in [0.3, 0.4) is 0 Å². The highest BCUT2D eigenvalue weighted by molar-refractivity contribution is 6.13. The largest absolute Gasteiger partial charge is 0.487 e. The molecule has 5 heteroatoms. The van der Waals surface area contributed by atoms with Crippen molar-refractivity contribution in [3.05, 3.63) is 29.0 Å². The van der Waals surface area contributed by atoms with Crippen LogP contribution in [0.5, 0.6) is 5.75 Å². The molecule has 2 aromatic rings. The Labute approximate surface area is 159 Å². The van der Waals surface area contributed by atoms with Crippen LogP contribution < -0.4 is 10.1 Å². The lowest BCUT2D eigenvalue weighted by Gasteiger charge is -2.31. The van der Waals surface area contributed by atoms with Crippen molar-refractivity contribution in [2.75, 3.05) is 0 Å². The molecule has 2 atom stereocenters. The van der Waals surface area contributed by atoms with Gasteiger partial charge in [0.05, 0.1) is 12.0 Å². The van der Waals surface area contributed by atoms with Crippen LogP contribution in [0.25, 0.3) is 11.0 Å². The molecule has 2 heterocycles. The quantitative estimate of drug-likeness (QED) is 0.826. The third kappa shape index (κ3) is 3.13. The first kappa shape index (κ1) is 18.1. The number of hydrogen-bond acceptors (Lipinski definition) is 4. The zero-order valence-corrected chi connectivity index (χ0v) is 16.5. The normalized spacial score (nSPS) is 24.4. The molecule has 1 aliphatic carbocycles. The summed E-state index contributed by atoms with van der Waals surface area (Å²) in [6.07, 6.45) is 4.82. The van der Waals surface area contributed by atoms with Gasteiger partial charge < -0.3 is 14.5 Å². The summed E-state index contributed by atoms with van der Waals surface area (Å²) in [5.74, 6) is 1.18. The number of amides is 1. The topological polar surface area (TPSA) is 68.5 Å². The lowest BCUT2D eigenvalue weighted by Crippen LogP contribution is -2.41. The molecule has 1 saturated carbocycles. The predicted molar refractivity (Wildman–Crippen MR) is 103 cm³/mol. The summed E-state index contributed by atoms with van der Waals surface area (Å²) in [4.78, 5) is 25.7. The van der Waals surface area contributed by atoms with Gasteiger partial charge in [0.2, 0.25) is 0 Å². The molecular weight excluding hydrogens is 342 g/mol. The molecule has 2 aliphatic rings. The third-order valence-corrected chi connectivity index (χ3v) is 5.94. The van der Waals surface area contributed by atoms with Crippen LogP contribution in [0, 0.1) is 12.8 Å². The first-order valence-electron chi connectivity index (χ1n) is 9.86. The van der Waals surface area contributed by atoms with Gasteiger partial charge >= 0.3 is 0 Å². The summed E-state index contributed by atoms with van der Waals surface area (Å²) in [6, 6.07) is 3.73. The number of carbonyl (C=O) groups is 2. The van der Waals surface area contributed by atoms with E-state index in [2.05, 4.69) is 12.2 Å². The van der Waals surface area contributed by atoms with E-state index in [1.807, 2.05) is 20.8 Å². The number of nitrogens with one attached hydrogen (secondary N) is 1. The molecular formula is C22H27NO4. The lowest BCUT2D eigenvalue weighted by atomic mass is 9.86. The van der Waals surface area contributed by atoms with Crippen LogP contribution in [0.2, 0.25) is 0 Å². The van der Waals surface area contributed by atoms with Crippen LogP contribution in [-0.4, -0.2) is 23.3 Å². The smallest absolute Gasteiger partial charge is 0.287 e. The minimum absolute atomic E-state index is 0.0311. The molecule has 0 bridgehead atoms. The number of ether oxygens (including phenoxy) is 1. The summed E-state index contributed by atoms with van der Waals surface area (Å²) >= 11 is 0. The number of carbonyl (C=O) groups excluding carboxylic acids is 2. The predicted octanol–water partition coefficient (Wildman–Crippen LogP) is 4.79. The van der Waals surface area contributed by atoms with Gasteiger partial charge in [-0.2, -0.15) is 0 Å². The third-order valence-electron chi connectivity index (χ3n) is 5.94. The van der Waals surface area contributed by atoms with Crippen molar-refractivity contribution in [2.24, 2.45) is 5.92 Å². The Kier molecular flexibility index (Phi) is 4.28. The Hall–Kier alpha value is -2.30. The fourth-order valence-corrected chi connectivity index (χ4v) is 4.47. The summed E-state index contributed by atoms with van der Waals surface area (Å²) in [5, 5.41) is 3.85. The number of hydrogen-bond donors (Lipinski definition) is 1. The number of furan rings is 1. The fraction of sp³-hybridized carbons (Fsp3) is 0.545. The maximum absolute atomic E-state index is 12.9. The van der Waals surface area contributed by atoms with Gasteiger partial charge in [0.1, 0.15) is 16.9 Å². The Bertz CT molecular complexity index is 924. The molecule has 1 aliphatic heterocycles. The second-order valence-corrected chi connectivity index (χ2v) is 8.67. The summed E-state index contributed by atoms with van der Waals surface area (Å²) in [7, 11) is 0. The molecule has 27 heavy (non-hydrogen) atoms. The number of rotatable bonds is 2. The minimum atomic E-state index is -0.521. The molecule has 1 amide bonds. The average molecular weight is 369 g/mol. The van der Waals surface area contributed by atoms with E-state index in [0.717, 1.165) is 19.3 Å². The van der Waals surface area contributed by atoms with Crippen molar-refractivity contribution in [2.45, 2.75) is 71.4 Å². The van der Waals surface area contributed by atoms with E-state index in [1.54, 1.807) is 12.1 Å². The Balaban J connectivity index is 1.72. The maximum Gasteiger partial charge on any atom is 0.287 e. The van der Waals surface area contributed by atoms with E-state index < -0.39 is 5.60 Å². The molecule has 1 N–H and O–H groups in total. The molecule has 0 unspecified atom stereocenters. The number of ketones is 1. The van der Waals surface area contributed by atoms with Crippen LogP contribution in [0.4, 0.5) is 0 Å². The van der Waals surface area contributed by atoms with Gasteiger partial charge in [0.25, 0.3) is 5.91 Å². The van der Waals surface area contributed by atoms with Crippen LogP contribution in [0.1, 0.15) is 79.4 Å². The van der Waals surface area contributed by atoms with Crippen molar-refractivity contribution < 1.29 is 18.7 Å². The van der Waals surface area contributed by atoms with Crippen molar-refractivity contribution in [1.82, 2.24) is 5.32 Å². The molecule has 1 aromatic carbocycles. The molecule has 4 rings (SSSR count). The van der Waals surface area contributed by atoms with E-state index in [9.17, 15) is 9.59 Å². The SMILES string of the molecule is Cc1c(C(=O)N[C@H]2CCCC[C@H]2C)oc2ccc3c(c12)C(=O)CC(C)(C)O3. The van der Waals surface area contributed by atoms with Crippen molar-refractivity contribution in [3.63, 3.8) is 0 Å². The summed E-state index contributed by atoms with van der Waals surface area (Å²) in [6.45, 7) is 7.84. The van der Waals surface area contributed by atoms with E-state index in [0.29, 0.717) is 45.9 Å². The monoisotopic (exact) mass is 369 g/mol. The van der Waals surface area contributed by atoms with Crippen molar-refractivity contribution in [1.29, 1.82) is 0 Å². The van der Waals surface area contributed by atoms with Gasteiger partial charge in [0, 0.05) is 17.0 Å². The summed E-state index contributed by atoms with van der Waals surface area (Å²) in [5.41, 5.74) is 1.29. The Morgan fingerprint density at radius 3 is 2.70 bits per heavy atom. The number of fused-ring (bicyclic) bond motifs is 3. The molecule has 0 spiro atoms. The van der Waals surface area contributed by atoms with Gasteiger partial charge in [-0.05, 0) is 51.7 Å². The van der Waals surface area contributed by atoms with Crippen LogP contribution >= 0.6 is 0 Å². The minimum Gasteiger partial charge on any atom is -0.487 e. The second-order valence-electron chi connectivity index (χ2n) is 8.67. The molecule has 0 radical (unpaired) electrons. The van der Waals surface area contributed by atoms with Crippen molar-refractivity contribution in [3.8, 4) is 5.75 Å². The highest BCUT2D eigenvalue weighted by Crippen LogP contribution is 2.40. The van der Waals surface area contributed by atoms with E-state index in [-0.39, 0.29) is 17.7 Å². The standard InChI is InChI=1S/C22H27NO4/c1-12-7-5-6-8-14(12)23-21(25)20-13(2)18-16(26-20)9-10-17-19(18)15(24)11-22(3,4)27-17/h9-10,12,14H,5-8,11H2,1-4H3,(H,23,25)/t12-,14+/m1/s1. The zero-order valence-electron chi connectivity index (χ0n) is 16.5. The van der Waals surface area contributed by atoms with Crippen molar-refractivity contribution >= 4 is 22.7 Å². The van der Waals surface area contributed by atoms with Gasteiger partial charge in [0.15, 0.2) is 11.5 Å². The number of Topliss-reactive ketones (excluding diaryl/α,β-unsaturated/α-hetero) is 1. The number of aryl methyl sites for hydroxylation is 1. The molecule has 0 saturated heterocycles. The highest BCUT2D eigenvalue weighted by atomic mass is 16.5. The van der Waals surface area contributed by atoms with Gasteiger partial charge in [-0.15, -0.1) is 0 Å². The molecule has 144 valence electrons. The lowest BCUT2D eigenvalue weighted by molar-refractivity contribution is 0.0623.